The van der Waals surface area contributed by atoms with E-state index in [1.165, 1.54) is 0 Å². The first-order chi connectivity index (χ1) is 15.4. The topological polar surface area (TPSA) is 71.0 Å². The molecule has 1 fully saturated rings. The summed E-state index contributed by atoms with van der Waals surface area (Å²) in [5, 5.41) is 4.62. The van der Waals surface area contributed by atoms with Crippen molar-refractivity contribution in [1.82, 2.24) is 28.9 Å². The molecular weight excluding hydrogens is 402 g/mol. The lowest BCUT2D eigenvalue weighted by Gasteiger charge is -2.43. The molecular formula is C24H29N7O. The van der Waals surface area contributed by atoms with Crippen LogP contribution in [-0.4, -0.2) is 61.6 Å². The number of rotatable bonds is 6. The van der Waals surface area contributed by atoms with E-state index in [0.29, 0.717) is 23.0 Å². The van der Waals surface area contributed by atoms with Crippen molar-refractivity contribution in [2.75, 3.05) is 37.6 Å². The van der Waals surface area contributed by atoms with Crippen LogP contribution in [0.2, 0.25) is 0 Å². The lowest BCUT2D eigenvalue weighted by Crippen LogP contribution is -2.51. The predicted octanol–water partition coefficient (Wildman–Crippen LogP) is 2.80. The lowest BCUT2D eigenvalue weighted by molar-refractivity contribution is 0.227. The van der Waals surface area contributed by atoms with E-state index in [1.54, 1.807) is 15.0 Å². The molecule has 0 bridgehead atoms. The zero-order valence-corrected chi connectivity index (χ0v) is 19.1. The maximum atomic E-state index is 12.9. The Bertz CT molecular complexity index is 1350. The van der Waals surface area contributed by atoms with Crippen LogP contribution in [0.25, 0.3) is 22.6 Å². The summed E-state index contributed by atoms with van der Waals surface area (Å²) in [6.07, 6.45) is 3.79. The van der Waals surface area contributed by atoms with Crippen molar-refractivity contribution >= 4 is 16.9 Å². The number of hydrogen-bond acceptors (Lipinski definition) is 6. The van der Waals surface area contributed by atoms with Gasteiger partial charge >= 0.3 is 0 Å². The van der Waals surface area contributed by atoms with Gasteiger partial charge in [0, 0.05) is 37.8 Å². The summed E-state index contributed by atoms with van der Waals surface area (Å²) in [4.78, 5) is 26.9. The number of pyridine rings is 1. The molecule has 0 atom stereocenters. The van der Waals surface area contributed by atoms with Gasteiger partial charge in [-0.15, -0.1) is 0 Å². The fraction of sp³-hybridized carbons (Fsp3) is 0.417. The summed E-state index contributed by atoms with van der Waals surface area (Å²) < 4.78 is 3.43. The highest BCUT2D eigenvalue weighted by atomic mass is 16.1. The van der Waals surface area contributed by atoms with Crippen LogP contribution < -0.4 is 10.5 Å². The molecule has 0 N–H and O–H groups in total. The number of aryl methyl sites for hydroxylation is 2. The third kappa shape index (κ3) is 3.64. The molecule has 1 aliphatic rings. The van der Waals surface area contributed by atoms with Gasteiger partial charge < -0.3 is 9.80 Å². The molecule has 0 unspecified atom stereocenters. The number of anilines is 1. The quantitative estimate of drug-likeness (QED) is 0.468. The number of nitrogens with zero attached hydrogens (tertiary/aromatic N) is 7. The maximum Gasteiger partial charge on any atom is 0.258 e. The minimum atomic E-state index is -0.102. The normalized spacial score (nSPS) is 14.6. The Labute approximate surface area is 187 Å². The molecule has 0 spiro atoms. The second-order valence-electron chi connectivity index (χ2n) is 8.68. The lowest BCUT2D eigenvalue weighted by atomic mass is 9.98. The molecule has 1 saturated heterocycles. The largest absolute Gasteiger partial charge is 0.370 e. The Morgan fingerprint density at radius 1 is 1.03 bits per heavy atom. The molecule has 8 heteroatoms. The van der Waals surface area contributed by atoms with Gasteiger partial charge in [-0.3, -0.25) is 14.2 Å². The maximum absolute atomic E-state index is 12.9. The van der Waals surface area contributed by atoms with Crippen molar-refractivity contribution < 1.29 is 0 Å². The zero-order chi connectivity index (χ0) is 22.4. The van der Waals surface area contributed by atoms with Crippen molar-refractivity contribution in [2.24, 2.45) is 5.92 Å². The van der Waals surface area contributed by atoms with Crippen molar-refractivity contribution in [3.8, 4) is 11.4 Å². The highest BCUT2D eigenvalue weighted by molar-refractivity contribution is 5.66. The summed E-state index contributed by atoms with van der Waals surface area (Å²) in [6, 6.07) is 7.48. The molecule has 0 radical (unpaired) electrons. The molecule has 5 heterocycles. The van der Waals surface area contributed by atoms with E-state index in [-0.39, 0.29) is 5.56 Å². The van der Waals surface area contributed by atoms with Gasteiger partial charge in [0.2, 0.25) is 0 Å². The molecule has 5 rings (SSSR count). The SMILES string of the molecule is CCN(CC)CC1CN(c2ccc3nc(-c4cc5c(C)nc(C)cn5n4)cc(=O)n3c2)C1. The molecule has 1 aliphatic heterocycles. The van der Waals surface area contributed by atoms with Gasteiger partial charge in [0.05, 0.1) is 34.5 Å². The van der Waals surface area contributed by atoms with Gasteiger partial charge in [0.1, 0.15) is 11.3 Å². The molecule has 0 aliphatic carbocycles. The van der Waals surface area contributed by atoms with E-state index in [2.05, 4.69) is 39.8 Å². The van der Waals surface area contributed by atoms with Crippen LogP contribution in [0.15, 0.2) is 41.5 Å². The summed E-state index contributed by atoms with van der Waals surface area (Å²) in [7, 11) is 0. The molecule has 166 valence electrons. The van der Waals surface area contributed by atoms with Crippen LogP contribution in [-0.2, 0) is 0 Å². The first-order valence-corrected chi connectivity index (χ1v) is 11.3. The fourth-order valence-electron chi connectivity index (χ4n) is 4.57. The van der Waals surface area contributed by atoms with Crippen LogP contribution >= 0.6 is 0 Å². The van der Waals surface area contributed by atoms with Crippen LogP contribution in [0.4, 0.5) is 5.69 Å². The van der Waals surface area contributed by atoms with Gasteiger partial charge in [-0.05, 0) is 45.1 Å². The molecule has 0 amide bonds. The van der Waals surface area contributed by atoms with Gasteiger partial charge in [-0.2, -0.15) is 5.10 Å². The smallest absolute Gasteiger partial charge is 0.258 e. The summed E-state index contributed by atoms with van der Waals surface area (Å²) in [5.41, 5.74) is 5.55. The van der Waals surface area contributed by atoms with Gasteiger partial charge in [0.15, 0.2) is 0 Å². The van der Waals surface area contributed by atoms with Gasteiger partial charge in [-0.1, -0.05) is 13.8 Å². The van der Waals surface area contributed by atoms with E-state index in [4.69, 9.17) is 4.98 Å². The van der Waals surface area contributed by atoms with Crippen LogP contribution in [0.5, 0.6) is 0 Å². The van der Waals surface area contributed by atoms with Crippen molar-refractivity contribution in [3.63, 3.8) is 0 Å². The van der Waals surface area contributed by atoms with Crippen molar-refractivity contribution in [3.05, 3.63) is 58.4 Å². The molecule has 0 saturated carbocycles. The number of aromatic nitrogens is 5. The summed E-state index contributed by atoms with van der Waals surface area (Å²) in [5.74, 6) is 0.680. The molecule has 8 nitrogen and oxygen atoms in total. The monoisotopic (exact) mass is 431 g/mol. The Morgan fingerprint density at radius 2 is 1.81 bits per heavy atom. The molecule has 0 aromatic carbocycles. The fourth-order valence-corrected chi connectivity index (χ4v) is 4.57. The highest BCUT2D eigenvalue weighted by Gasteiger charge is 2.28. The predicted molar refractivity (Wildman–Crippen MR) is 126 cm³/mol. The average Bonchev–Trinajstić information content (AvgIpc) is 3.17. The van der Waals surface area contributed by atoms with Crippen LogP contribution in [0, 0.1) is 19.8 Å². The van der Waals surface area contributed by atoms with E-state index in [9.17, 15) is 4.79 Å². The van der Waals surface area contributed by atoms with Crippen molar-refractivity contribution in [2.45, 2.75) is 27.7 Å². The Hall–Kier alpha value is -3.26. The van der Waals surface area contributed by atoms with Crippen LogP contribution in [0.3, 0.4) is 0 Å². The minimum Gasteiger partial charge on any atom is -0.370 e. The molecule has 4 aromatic heterocycles. The summed E-state index contributed by atoms with van der Waals surface area (Å²) >= 11 is 0. The average molecular weight is 432 g/mol. The van der Waals surface area contributed by atoms with Gasteiger partial charge in [-0.25, -0.2) is 9.50 Å². The van der Waals surface area contributed by atoms with Crippen LogP contribution in [0.1, 0.15) is 25.2 Å². The third-order valence-corrected chi connectivity index (χ3v) is 6.40. The summed E-state index contributed by atoms with van der Waals surface area (Å²) in [6.45, 7) is 13.7. The van der Waals surface area contributed by atoms with Gasteiger partial charge in [0.25, 0.3) is 5.56 Å². The van der Waals surface area contributed by atoms with E-state index < -0.39 is 0 Å². The van der Waals surface area contributed by atoms with Crippen molar-refractivity contribution in [1.29, 1.82) is 0 Å². The highest BCUT2D eigenvalue weighted by Crippen LogP contribution is 2.26. The standard InChI is InChI=1S/C24H29N7O/c1-5-28(6-2)12-18-13-29(14-18)19-7-8-23-26-20(10-24(32)30(23)15-19)21-9-22-17(4)25-16(3)11-31(22)27-21/h7-11,15,18H,5-6,12-14H2,1-4H3. The van der Waals surface area contributed by atoms with E-state index in [1.807, 2.05) is 38.4 Å². The minimum absolute atomic E-state index is 0.102. The first kappa shape index (κ1) is 20.6. The second-order valence-corrected chi connectivity index (χ2v) is 8.68. The molecule has 4 aromatic rings. The Morgan fingerprint density at radius 3 is 2.56 bits per heavy atom. The third-order valence-electron chi connectivity index (χ3n) is 6.40. The Kier molecular flexibility index (Phi) is 5.17. The number of hydrogen-bond donors (Lipinski definition) is 0. The second kappa shape index (κ2) is 8.02. The molecule has 32 heavy (non-hydrogen) atoms. The Balaban J connectivity index is 1.41. The van der Waals surface area contributed by atoms with E-state index >= 15 is 0 Å². The zero-order valence-electron chi connectivity index (χ0n) is 19.1. The van der Waals surface area contributed by atoms with E-state index in [0.717, 1.165) is 55.3 Å². The number of fused-ring (bicyclic) bond motifs is 2. The first-order valence-electron chi connectivity index (χ1n) is 11.3.